The second-order valence-corrected chi connectivity index (χ2v) is 6.94. The minimum absolute atomic E-state index is 0.143. The summed E-state index contributed by atoms with van der Waals surface area (Å²) in [5.74, 6) is 5.85. The van der Waals surface area contributed by atoms with Crippen molar-refractivity contribution in [2.45, 2.75) is 52.1 Å². The average Bonchev–Trinajstić information content (AvgIpc) is 3.02. The summed E-state index contributed by atoms with van der Waals surface area (Å²) in [6.07, 6.45) is 0.829. The van der Waals surface area contributed by atoms with Crippen LogP contribution in [0.25, 0.3) is 10.6 Å². The molecule has 6 heteroatoms. The second-order valence-electron chi connectivity index (χ2n) is 5.94. The van der Waals surface area contributed by atoms with Gasteiger partial charge in [0, 0.05) is 18.9 Å². The molecule has 0 spiro atoms. The van der Waals surface area contributed by atoms with Crippen LogP contribution in [0.15, 0.2) is 24.3 Å². The molecular weight excluding hydrogens is 359 g/mol. The molecule has 0 N–H and O–H groups in total. The maximum absolute atomic E-state index is 12.7. The van der Waals surface area contributed by atoms with Crippen molar-refractivity contribution in [2.24, 2.45) is 0 Å². The number of hydrogen-bond donors (Lipinski definition) is 0. The quantitative estimate of drug-likeness (QED) is 0.332. The molecule has 0 aliphatic carbocycles. The molecule has 0 amide bonds. The fourth-order valence-electron chi connectivity index (χ4n) is 2.36. The molecule has 1 aromatic heterocycles. The highest BCUT2D eigenvalue weighted by Crippen LogP contribution is 2.33. The highest BCUT2D eigenvalue weighted by molar-refractivity contribution is 7.17. The number of unbranched alkanes of at least 4 members (excludes halogenated alkanes) is 4. The van der Waals surface area contributed by atoms with Gasteiger partial charge in [-0.25, -0.2) is 4.98 Å². The molecule has 0 radical (unpaired) electrons. The number of thiazole rings is 1. The first-order chi connectivity index (χ1) is 12.3. The summed E-state index contributed by atoms with van der Waals surface area (Å²) in [5.41, 5.74) is 0.242. The van der Waals surface area contributed by atoms with Gasteiger partial charge in [0.15, 0.2) is 5.78 Å². The Morgan fingerprint density at radius 3 is 2.42 bits per heavy atom. The third kappa shape index (κ3) is 5.43. The Morgan fingerprint density at radius 2 is 1.85 bits per heavy atom. The zero-order chi connectivity index (χ0) is 19.2. The molecule has 0 saturated heterocycles. The Hall–Kier alpha value is -2.13. The van der Waals surface area contributed by atoms with Crippen molar-refractivity contribution < 1.29 is 18.0 Å². The minimum Gasteiger partial charge on any atom is -0.293 e. The lowest BCUT2D eigenvalue weighted by molar-refractivity contribution is -0.137. The van der Waals surface area contributed by atoms with Crippen molar-refractivity contribution in [3.63, 3.8) is 0 Å². The maximum Gasteiger partial charge on any atom is 0.416 e. The maximum atomic E-state index is 12.7. The Bertz CT molecular complexity index is 810. The first kappa shape index (κ1) is 20.2. The van der Waals surface area contributed by atoms with Crippen LogP contribution in [0.3, 0.4) is 0 Å². The van der Waals surface area contributed by atoms with E-state index in [0.717, 1.165) is 49.2 Å². The first-order valence-electron chi connectivity index (χ1n) is 8.51. The van der Waals surface area contributed by atoms with Crippen molar-refractivity contribution in [2.75, 3.05) is 0 Å². The normalized spacial score (nSPS) is 11.1. The van der Waals surface area contributed by atoms with Crippen LogP contribution >= 0.6 is 11.3 Å². The monoisotopic (exact) mass is 379 g/mol. The number of hydrogen-bond acceptors (Lipinski definition) is 3. The van der Waals surface area contributed by atoms with E-state index in [4.69, 9.17) is 0 Å². The van der Waals surface area contributed by atoms with Gasteiger partial charge in [0.1, 0.15) is 15.6 Å². The molecule has 26 heavy (non-hydrogen) atoms. The lowest BCUT2D eigenvalue weighted by atomic mass is 10.1. The van der Waals surface area contributed by atoms with Gasteiger partial charge in [-0.1, -0.05) is 44.2 Å². The molecule has 0 aliphatic heterocycles. The summed E-state index contributed by atoms with van der Waals surface area (Å²) in [7, 11) is 0. The standard InChI is InChI=1S/C20H20F3NOS/c1-3-4-5-6-7-8-9-17-18(14(2)25)26-19(24-17)15-10-12-16(13-11-15)20(21,22)23/h10-13H,3-7H2,1-2H3. The van der Waals surface area contributed by atoms with E-state index in [2.05, 4.69) is 23.7 Å². The Morgan fingerprint density at radius 1 is 1.15 bits per heavy atom. The van der Waals surface area contributed by atoms with Crippen LogP contribution in [-0.2, 0) is 6.18 Å². The molecule has 2 rings (SSSR count). The van der Waals surface area contributed by atoms with Gasteiger partial charge in [-0.15, -0.1) is 11.3 Å². The number of rotatable bonds is 6. The van der Waals surface area contributed by atoms with Crippen molar-refractivity contribution in [1.82, 2.24) is 4.98 Å². The van der Waals surface area contributed by atoms with Crippen LogP contribution in [0.4, 0.5) is 13.2 Å². The number of nitrogens with zero attached hydrogens (tertiary/aromatic N) is 1. The van der Waals surface area contributed by atoms with Crippen LogP contribution in [-0.4, -0.2) is 10.8 Å². The zero-order valence-electron chi connectivity index (χ0n) is 14.7. The summed E-state index contributed by atoms with van der Waals surface area (Å²) >= 11 is 1.16. The number of benzene rings is 1. The van der Waals surface area contributed by atoms with E-state index in [1.54, 1.807) is 0 Å². The van der Waals surface area contributed by atoms with E-state index in [1.807, 2.05) is 0 Å². The second kappa shape index (κ2) is 9.00. The third-order valence-corrected chi connectivity index (χ3v) is 4.97. The number of ketones is 1. The largest absolute Gasteiger partial charge is 0.416 e. The summed E-state index contributed by atoms with van der Waals surface area (Å²) in [6.45, 7) is 3.58. The van der Waals surface area contributed by atoms with Crippen LogP contribution in [0.5, 0.6) is 0 Å². The topological polar surface area (TPSA) is 30.0 Å². The molecule has 0 atom stereocenters. The van der Waals surface area contributed by atoms with Crippen molar-refractivity contribution in [3.8, 4) is 22.4 Å². The fourth-order valence-corrected chi connectivity index (χ4v) is 3.28. The molecule has 0 saturated carbocycles. The number of carbonyl (C=O) groups is 1. The van der Waals surface area contributed by atoms with Gasteiger partial charge >= 0.3 is 6.18 Å². The third-order valence-electron chi connectivity index (χ3n) is 3.77. The summed E-state index contributed by atoms with van der Waals surface area (Å²) in [5, 5.41) is 0.499. The van der Waals surface area contributed by atoms with Crippen LogP contribution in [0, 0.1) is 11.8 Å². The summed E-state index contributed by atoms with van der Waals surface area (Å²) < 4.78 is 38.0. The Balaban J connectivity index is 2.21. The van der Waals surface area contributed by atoms with Crippen molar-refractivity contribution >= 4 is 17.1 Å². The SMILES string of the molecule is CCCCCCC#Cc1nc(-c2ccc(C(F)(F)F)cc2)sc1C(C)=O. The van der Waals surface area contributed by atoms with E-state index in [9.17, 15) is 18.0 Å². The van der Waals surface area contributed by atoms with Gasteiger partial charge in [0.25, 0.3) is 0 Å². The summed E-state index contributed by atoms with van der Waals surface area (Å²) in [6, 6.07) is 4.77. The highest BCUT2D eigenvalue weighted by Gasteiger charge is 2.30. The molecule has 1 heterocycles. The molecule has 0 fully saturated rings. The van der Waals surface area contributed by atoms with E-state index in [-0.39, 0.29) is 5.78 Å². The van der Waals surface area contributed by atoms with Gasteiger partial charge in [-0.3, -0.25) is 4.79 Å². The van der Waals surface area contributed by atoms with Crippen molar-refractivity contribution in [3.05, 3.63) is 40.4 Å². The van der Waals surface area contributed by atoms with E-state index >= 15 is 0 Å². The van der Waals surface area contributed by atoms with E-state index in [0.29, 0.717) is 21.1 Å². The van der Waals surface area contributed by atoms with Gasteiger partial charge < -0.3 is 0 Å². The predicted octanol–water partition coefficient (Wildman–Crippen LogP) is 6.35. The van der Waals surface area contributed by atoms with Gasteiger partial charge in [0.05, 0.1) is 5.56 Å². The number of alkyl halides is 3. The molecule has 0 aliphatic rings. The minimum atomic E-state index is -4.37. The van der Waals surface area contributed by atoms with Crippen LogP contribution in [0.1, 0.15) is 66.9 Å². The molecule has 1 aromatic carbocycles. The van der Waals surface area contributed by atoms with Gasteiger partial charge in [-0.05, 0) is 24.5 Å². The van der Waals surface area contributed by atoms with Crippen molar-refractivity contribution in [1.29, 1.82) is 0 Å². The average molecular weight is 379 g/mol. The van der Waals surface area contributed by atoms with Crippen LogP contribution in [0.2, 0.25) is 0 Å². The molecule has 2 aromatic rings. The fraction of sp³-hybridized carbons (Fsp3) is 0.400. The Labute approximate surface area is 155 Å². The molecule has 138 valence electrons. The highest BCUT2D eigenvalue weighted by atomic mass is 32.1. The van der Waals surface area contributed by atoms with E-state index in [1.165, 1.54) is 25.5 Å². The molecule has 2 nitrogen and oxygen atoms in total. The smallest absolute Gasteiger partial charge is 0.293 e. The number of aromatic nitrogens is 1. The number of halogens is 3. The zero-order valence-corrected chi connectivity index (χ0v) is 15.6. The molecule has 0 bridgehead atoms. The first-order valence-corrected chi connectivity index (χ1v) is 9.33. The van der Waals surface area contributed by atoms with Gasteiger partial charge in [0.2, 0.25) is 0 Å². The molecular formula is C20H20F3NOS. The van der Waals surface area contributed by atoms with E-state index < -0.39 is 11.7 Å². The molecule has 0 unspecified atom stereocenters. The number of carbonyl (C=O) groups excluding carboxylic acids is 1. The lowest BCUT2D eigenvalue weighted by Gasteiger charge is -2.06. The van der Waals surface area contributed by atoms with Crippen LogP contribution < -0.4 is 0 Å². The summed E-state index contributed by atoms with van der Waals surface area (Å²) in [4.78, 5) is 16.6. The number of Topliss-reactive ketones (excluding diaryl/α,β-unsaturated/α-hetero) is 1. The Kier molecular flexibility index (Phi) is 6.98. The van der Waals surface area contributed by atoms with Gasteiger partial charge in [-0.2, -0.15) is 13.2 Å². The predicted molar refractivity (Wildman–Crippen MR) is 98.2 cm³/mol. The lowest BCUT2D eigenvalue weighted by Crippen LogP contribution is -2.03.